The Bertz CT molecular complexity index is 145. The molecule has 0 aliphatic heterocycles. The summed E-state index contributed by atoms with van der Waals surface area (Å²) in [5.41, 5.74) is 2.67. The molecule has 0 unspecified atom stereocenters. The molecule has 0 rings (SSSR count). The summed E-state index contributed by atoms with van der Waals surface area (Å²) >= 11 is 0. The van der Waals surface area contributed by atoms with Crippen molar-refractivity contribution in [2.45, 2.75) is 40.0 Å². The van der Waals surface area contributed by atoms with Gasteiger partial charge in [0.15, 0.2) is 0 Å². The molecule has 0 heteroatoms. The molecule has 0 aromatic rings. The first-order valence-electron chi connectivity index (χ1n) is 4.31. The van der Waals surface area contributed by atoms with Crippen LogP contribution in [0.1, 0.15) is 40.0 Å². The molecular weight excluding hydrogens is 132 g/mol. The molecule has 0 aromatic heterocycles. The zero-order valence-corrected chi connectivity index (χ0v) is 7.98. The Balaban J connectivity index is 3.54. The molecule has 0 nitrogen and oxygen atoms in total. The van der Waals surface area contributed by atoms with E-state index < -0.39 is 0 Å². The number of hydrogen-bond donors (Lipinski definition) is 0. The van der Waals surface area contributed by atoms with Gasteiger partial charge in [-0.1, -0.05) is 30.2 Å². The van der Waals surface area contributed by atoms with Crippen LogP contribution in [0.15, 0.2) is 23.3 Å². The first kappa shape index (κ1) is 10.5. The lowest BCUT2D eigenvalue weighted by molar-refractivity contribution is 0.955. The van der Waals surface area contributed by atoms with Crippen molar-refractivity contribution in [2.24, 2.45) is 0 Å². The van der Waals surface area contributed by atoms with Gasteiger partial charge >= 0.3 is 0 Å². The monoisotopic (exact) mass is 151 g/mol. The topological polar surface area (TPSA) is 0 Å². The van der Waals surface area contributed by atoms with E-state index in [0.29, 0.717) is 0 Å². The van der Waals surface area contributed by atoms with Gasteiger partial charge in [0.2, 0.25) is 0 Å². The molecule has 0 aliphatic carbocycles. The summed E-state index contributed by atoms with van der Waals surface area (Å²) < 4.78 is 0. The first-order chi connectivity index (χ1) is 5.16. The van der Waals surface area contributed by atoms with Crippen LogP contribution in [0, 0.1) is 6.92 Å². The molecule has 0 atom stereocenters. The van der Waals surface area contributed by atoms with Crippen LogP contribution in [0.2, 0.25) is 0 Å². The molecule has 0 aromatic carbocycles. The highest BCUT2D eigenvalue weighted by Crippen LogP contribution is 2.06. The summed E-state index contributed by atoms with van der Waals surface area (Å²) in [6.45, 7) is 10.2. The molecular formula is C11H19. The molecule has 0 saturated heterocycles. The third kappa shape index (κ3) is 7.38. The second kappa shape index (κ2) is 6.21. The predicted molar refractivity (Wildman–Crippen MR) is 52.4 cm³/mol. The van der Waals surface area contributed by atoms with Crippen LogP contribution in [0.25, 0.3) is 0 Å². The lowest BCUT2D eigenvalue weighted by Crippen LogP contribution is -1.76. The largest absolute Gasteiger partial charge is 0.0859 e. The minimum atomic E-state index is 1.14. The van der Waals surface area contributed by atoms with E-state index in [1.807, 2.05) is 6.92 Å². The molecule has 0 amide bonds. The first-order valence-corrected chi connectivity index (χ1v) is 4.31. The second-order valence-corrected chi connectivity index (χ2v) is 3.05. The third-order valence-corrected chi connectivity index (χ3v) is 1.58. The maximum atomic E-state index is 3.82. The Morgan fingerprint density at radius 1 is 1.27 bits per heavy atom. The zero-order chi connectivity index (χ0) is 8.69. The average Bonchev–Trinajstić information content (AvgIpc) is 1.87. The standard InChI is InChI=1S/C11H19/c1-5-7-11(4)9-6-8-10(2)3/h7-8H,2,5-6,9H2,1,3-4H3/b10-8?,11-7+. The lowest BCUT2D eigenvalue weighted by Gasteiger charge is -1.96. The Hall–Kier alpha value is -0.520. The number of allylic oxidation sites excluding steroid dienone is 4. The third-order valence-electron chi connectivity index (χ3n) is 1.58. The van der Waals surface area contributed by atoms with Crippen LogP contribution in [-0.2, 0) is 0 Å². The van der Waals surface area contributed by atoms with E-state index in [-0.39, 0.29) is 0 Å². The number of rotatable bonds is 4. The van der Waals surface area contributed by atoms with E-state index in [0.717, 1.165) is 12.8 Å². The van der Waals surface area contributed by atoms with Gasteiger partial charge in [-0.05, 0) is 40.0 Å². The van der Waals surface area contributed by atoms with E-state index in [2.05, 4.69) is 32.9 Å². The SMILES string of the molecule is [CH2]C(C)=CCC/C(C)=C/CC. The van der Waals surface area contributed by atoms with E-state index in [1.165, 1.54) is 17.6 Å². The summed E-state index contributed by atoms with van der Waals surface area (Å²) in [5.74, 6) is 0. The Kier molecular flexibility index (Phi) is 5.91. The van der Waals surface area contributed by atoms with Crippen LogP contribution >= 0.6 is 0 Å². The minimum absolute atomic E-state index is 1.14. The summed E-state index contributed by atoms with van der Waals surface area (Å²) in [4.78, 5) is 0. The van der Waals surface area contributed by atoms with E-state index in [4.69, 9.17) is 0 Å². The highest BCUT2D eigenvalue weighted by Gasteiger charge is 1.86. The summed E-state index contributed by atoms with van der Waals surface area (Å²) in [6, 6.07) is 0. The van der Waals surface area contributed by atoms with Gasteiger partial charge in [0.05, 0.1) is 0 Å². The van der Waals surface area contributed by atoms with Crippen molar-refractivity contribution in [3.05, 3.63) is 30.2 Å². The van der Waals surface area contributed by atoms with Gasteiger partial charge < -0.3 is 0 Å². The second-order valence-electron chi connectivity index (χ2n) is 3.05. The molecule has 11 heavy (non-hydrogen) atoms. The fourth-order valence-corrected chi connectivity index (χ4v) is 0.997. The van der Waals surface area contributed by atoms with Gasteiger partial charge in [-0.2, -0.15) is 0 Å². The smallest absolute Gasteiger partial charge is 0.0286 e. The minimum Gasteiger partial charge on any atom is -0.0859 e. The van der Waals surface area contributed by atoms with Crippen molar-refractivity contribution in [1.82, 2.24) is 0 Å². The van der Waals surface area contributed by atoms with Gasteiger partial charge in [-0.3, -0.25) is 0 Å². The summed E-state index contributed by atoms with van der Waals surface area (Å²) in [6.07, 6.45) is 7.94. The molecule has 0 heterocycles. The zero-order valence-electron chi connectivity index (χ0n) is 7.98. The molecule has 0 fully saturated rings. The van der Waals surface area contributed by atoms with E-state index in [1.54, 1.807) is 0 Å². The molecule has 0 saturated carbocycles. The van der Waals surface area contributed by atoms with Crippen molar-refractivity contribution in [2.75, 3.05) is 0 Å². The van der Waals surface area contributed by atoms with Crippen LogP contribution in [-0.4, -0.2) is 0 Å². The van der Waals surface area contributed by atoms with Crippen LogP contribution < -0.4 is 0 Å². The maximum absolute atomic E-state index is 3.82. The molecule has 0 N–H and O–H groups in total. The Morgan fingerprint density at radius 2 is 1.91 bits per heavy atom. The quantitative estimate of drug-likeness (QED) is 0.534. The normalized spacial score (nSPS) is 13.8. The van der Waals surface area contributed by atoms with Gasteiger partial charge in [-0.15, -0.1) is 0 Å². The molecule has 63 valence electrons. The highest BCUT2D eigenvalue weighted by atomic mass is 13.9. The lowest BCUT2D eigenvalue weighted by atomic mass is 10.1. The summed E-state index contributed by atoms with van der Waals surface area (Å²) in [5, 5.41) is 0. The average molecular weight is 151 g/mol. The van der Waals surface area contributed by atoms with Gasteiger partial charge in [0.25, 0.3) is 0 Å². The Labute approximate surface area is 71.0 Å². The van der Waals surface area contributed by atoms with E-state index in [9.17, 15) is 0 Å². The fraction of sp³-hybridized carbons (Fsp3) is 0.545. The van der Waals surface area contributed by atoms with Crippen LogP contribution in [0.4, 0.5) is 0 Å². The molecule has 1 radical (unpaired) electrons. The fourth-order valence-electron chi connectivity index (χ4n) is 0.997. The van der Waals surface area contributed by atoms with Gasteiger partial charge in [-0.25, -0.2) is 0 Å². The van der Waals surface area contributed by atoms with E-state index >= 15 is 0 Å². The van der Waals surface area contributed by atoms with Crippen LogP contribution in [0.3, 0.4) is 0 Å². The van der Waals surface area contributed by atoms with Crippen molar-refractivity contribution in [1.29, 1.82) is 0 Å². The van der Waals surface area contributed by atoms with Gasteiger partial charge in [0, 0.05) is 0 Å². The molecule has 0 aliphatic rings. The van der Waals surface area contributed by atoms with Crippen molar-refractivity contribution < 1.29 is 0 Å². The molecule has 0 spiro atoms. The Morgan fingerprint density at radius 3 is 2.36 bits per heavy atom. The van der Waals surface area contributed by atoms with Crippen molar-refractivity contribution in [3.63, 3.8) is 0 Å². The molecule has 0 bridgehead atoms. The predicted octanol–water partition coefficient (Wildman–Crippen LogP) is 3.90. The van der Waals surface area contributed by atoms with Crippen LogP contribution in [0.5, 0.6) is 0 Å². The van der Waals surface area contributed by atoms with Crippen molar-refractivity contribution in [3.8, 4) is 0 Å². The summed E-state index contributed by atoms with van der Waals surface area (Å²) in [7, 11) is 0. The van der Waals surface area contributed by atoms with Gasteiger partial charge in [0.1, 0.15) is 0 Å². The maximum Gasteiger partial charge on any atom is -0.0286 e. The highest BCUT2D eigenvalue weighted by molar-refractivity contribution is 5.04. The number of hydrogen-bond acceptors (Lipinski definition) is 0. The van der Waals surface area contributed by atoms with Crippen molar-refractivity contribution >= 4 is 0 Å².